The monoisotopic (exact) mass is 833 g/mol. The number of ketones is 1. The molecule has 330 valence electrons. The number of aliphatic hydroxyl groups excluding tert-OH is 1. The minimum absolute atomic E-state index is 0.0522. The van der Waals surface area contributed by atoms with E-state index in [-0.39, 0.29) is 43.0 Å². The van der Waals surface area contributed by atoms with Crippen LogP contribution in [0.1, 0.15) is 85.8 Å². The lowest BCUT2D eigenvalue weighted by Gasteiger charge is -2.49. The maximum Gasteiger partial charge on any atom is 0.312 e. The van der Waals surface area contributed by atoms with Crippen LogP contribution >= 0.6 is 0 Å². The molecule has 2 aliphatic rings. The summed E-state index contributed by atoms with van der Waals surface area (Å²) in [5.74, 6) is -6.53. The Morgan fingerprint density at radius 2 is 1.49 bits per heavy atom. The second-order valence-electron chi connectivity index (χ2n) is 17.1. The fourth-order valence-corrected chi connectivity index (χ4v) is 8.91. The van der Waals surface area contributed by atoms with Crippen molar-refractivity contribution in [1.82, 2.24) is 4.90 Å². The summed E-state index contributed by atoms with van der Waals surface area (Å²) in [5, 5.41) is 23.1. The highest BCUT2D eigenvalue weighted by molar-refractivity contribution is 5.83. The predicted octanol–water partition coefficient (Wildman–Crippen LogP) is 5.81. The normalized spacial score (nSPS) is 36.5. The SMILES string of the molecule is CC[C@H]1OC(=O)[C@H](C)[C@@H](OC(=O)Cc2ccc(F)cc2)[C@H](C)[C@@H](OC2O[C@@H](C)C[C@@H](N(C)Cc3ccc(F)cc3)[C@@H]2OC)[C@](C)(OC)C[C@@H](C)C(=O)[C@@H](C)[C@@H](O)[C@]1(C)O. The topological polar surface area (TPSA) is 150 Å². The Balaban J connectivity index is 1.82. The maximum atomic E-state index is 14.2. The van der Waals surface area contributed by atoms with Gasteiger partial charge >= 0.3 is 11.9 Å². The third-order valence-corrected chi connectivity index (χ3v) is 12.5. The minimum Gasteiger partial charge on any atom is -0.461 e. The number of rotatable bonds is 11. The number of carbonyl (C=O) groups excluding carboxylic acids is 3. The summed E-state index contributed by atoms with van der Waals surface area (Å²) < 4.78 is 65.5. The average Bonchev–Trinajstić information content (AvgIpc) is 3.20. The number of benzene rings is 2. The highest BCUT2D eigenvalue weighted by Crippen LogP contribution is 2.40. The molecular formula is C45H65F2NO11. The lowest BCUT2D eigenvalue weighted by atomic mass is 9.74. The number of hydrogen-bond donors (Lipinski definition) is 2. The number of Topliss-reactive ketones (excluding diaryl/α,β-unsaturated/α-hetero) is 1. The molecule has 14 heteroatoms. The number of cyclic esters (lactones) is 1. The number of esters is 2. The van der Waals surface area contributed by atoms with Gasteiger partial charge in [-0.25, -0.2) is 8.78 Å². The molecular weight excluding hydrogens is 768 g/mol. The molecule has 0 aromatic heterocycles. The molecule has 0 bridgehead atoms. The summed E-state index contributed by atoms with van der Waals surface area (Å²) in [6.45, 7) is 13.7. The predicted molar refractivity (Wildman–Crippen MR) is 215 cm³/mol. The maximum absolute atomic E-state index is 14.2. The summed E-state index contributed by atoms with van der Waals surface area (Å²) in [7, 11) is 4.96. The second kappa shape index (κ2) is 20.5. The molecule has 2 fully saturated rings. The molecule has 0 amide bonds. The Morgan fingerprint density at radius 3 is 2.03 bits per heavy atom. The first-order chi connectivity index (χ1) is 27.7. The summed E-state index contributed by atoms with van der Waals surface area (Å²) in [6.07, 6.45) is -6.69. The lowest BCUT2D eigenvalue weighted by molar-refractivity contribution is -0.306. The molecule has 2 aromatic rings. The van der Waals surface area contributed by atoms with Gasteiger partial charge in [0.25, 0.3) is 0 Å². The molecule has 1 unspecified atom stereocenters. The Labute approximate surface area is 347 Å². The molecule has 0 spiro atoms. The van der Waals surface area contributed by atoms with E-state index in [9.17, 15) is 33.4 Å². The van der Waals surface area contributed by atoms with Gasteiger partial charge in [-0.05, 0) is 89.4 Å². The van der Waals surface area contributed by atoms with Gasteiger partial charge in [0, 0.05) is 44.6 Å². The second-order valence-corrected chi connectivity index (χ2v) is 17.1. The molecule has 2 N–H and O–H groups in total. The van der Waals surface area contributed by atoms with Gasteiger partial charge in [-0.3, -0.25) is 19.3 Å². The number of likely N-dealkylation sites (N-methyl/N-ethyl adjacent to an activating group) is 1. The van der Waals surface area contributed by atoms with E-state index in [1.165, 1.54) is 57.4 Å². The molecule has 4 rings (SSSR count). The van der Waals surface area contributed by atoms with Crippen LogP contribution in [0, 0.1) is 35.3 Å². The lowest BCUT2D eigenvalue weighted by Crippen LogP contribution is -2.61. The van der Waals surface area contributed by atoms with Crippen molar-refractivity contribution in [2.45, 2.75) is 148 Å². The van der Waals surface area contributed by atoms with Crippen molar-refractivity contribution < 1.29 is 61.8 Å². The zero-order chi connectivity index (χ0) is 44.0. The van der Waals surface area contributed by atoms with E-state index < -0.39 is 89.4 Å². The number of methoxy groups -OCH3 is 2. The number of nitrogens with zero attached hydrogens (tertiary/aromatic N) is 1. The zero-order valence-electron chi connectivity index (χ0n) is 36.4. The summed E-state index contributed by atoms with van der Waals surface area (Å²) in [5.41, 5.74) is -1.98. The van der Waals surface area contributed by atoms with Gasteiger partial charge in [-0.15, -0.1) is 0 Å². The smallest absolute Gasteiger partial charge is 0.312 e. The molecule has 0 saturated carbocycles. The van der Waals surface area contributed by atoms with E-state index in [1.54, 1.807) is 53.9 Å². The average molecular weight is 834 g/mol. The number of hydrogen-bond acceptors (Lipinski definition) is 12. The van der Waals surface area contributed by atoms with Gasteiger partial charge in [-0.1, -0.05) is 52.0 Å². The van der Waals surface area contributed by atoms with Crippen molar-refractivity contribution in [1.29, 1.82) is 0 Å². The van der Waals surface area contributed by atoms with Gasteiger partial charge in [0.15, 0.2) is 6.29 Å². The first-order valence-corrected chi connectivity index (χ1v) is 20.6. The van der Waals surface area contributed by atoms with E-state index in [4.69, 9.17) is 28.4 Å². The van der Waals surface area contributed by atoms with Crippen molar-refractivity contribution in [3.05, 3.63) is 71.3 Å². The van der Waals surface area contributed by atoms with E-state index >= 15 is 0 Å². The van der Waals surface area contributed by atoms with Crippen LogP contribution in [-0.4, -0.2) is 114 Å². The molecule has 12 nitrogen and oxygen atoms in total. The number of ether oxygens (including phenoxy) is 6. The zero-order valence-corrected chi connectivity index (χ0v) is 36.4. The van der Waals surface area contributed by atoms with Crippen molar-refractivity contribution in [2.24, 2.45) is 23.7 Å². The highest BCUT2D eigenvalue weighted by Gasteiger charge is 2.53. The van der Waals surface area contributed by atoms with Gasteiger partial charge < -0.3 is 38.6 Å². The van der Waals surface area contributed by atoms with Crippen molar-refractivity contribution in [3.8, 4) is 0 Å². The van der Waals surface area contributed by atoms with Crippen molar-refractivity contribution >= 4 is 17.7 Å². The fourth-order valence-electron chi connectivity index (χ4n) is 8.91. The van der Waals surface area contributed by atoms with Crippen LogP contribution in [0.5, 0.6) is 0 Å². The van der Waals surface area contributed by atoms with E-state index in [1.807, 2.05) is 14.0 Å². The minimum atomic E-state index is -2.02. The molecule has 2 saturated heterocycles. The summed E-state index contributed by atoms with van der Waals surface area (Å²) in [4.78, 5) is 44.1. The Hall–Kier alpha value is -3.37. The van der Waals surface area contributed by atoms with Crippen LogP contribution < -0.4 is 0 Å². The van der Waals surface area contributed by atoms with Crippen LogP contribution in [0.15, 0.2) is 48.5 Å². The molecule has 2 aromatic carbocycles. The van der Waals surface area contributed by atoms with Crippen LogP contribution in [0.25, 0.3) is 0 Å². The molecule has 2 aliphatic heterocycles. The summed E-state index contributed by atoms with van der Waals surface area (Å²) >= 11 is 0. The van der Waals surface area contributed by atoms with E-state index in [0.717, 1.165) is 5.56 Å². The van der Waals surface area contributed by atoms with Crippen molar-refractivity contribution in [2.75, 3.05) is 21.3 Å². The molecule has 0 aliphatic carbocycles. The Kier molecular flexibility index (Phi) is 16.8. The van der Waals surface area contributed by atoms with Gasteiger partial charge in [0.05, 0.1) is 36.3 Å². The van der Waals surface area contributed by atoms with Crippen LogP contribution in [0.3, 0.4) is 0 Å². The number of carbonyl (C=O) groups is 3. The van der Waals surface area contributed by atoms with Gasteiger partial charge in [-0.2, -0.15) is 0 Å². The molecule has 59 heavy (non-hydrogen) atoms. The first kappa shape index (κ1) is 48.3. The third kappa shape index (κ3) is 11.5. The Morgan fingerprint density at radius 1 is 0.915 bits per heavy atom. The van der Waals surface area contributed by atoms with E-state index in [0.29, 0.717) is 18.5 Å². The molecule has 0 radical (unpaired) electrons. The largest absolute Gasteiger partial charge is 0.461 e. The summed E-state index contributed by atoms with van der Waals surface area (Å²) in [6, 6.07) is 11.4. The van der Waals surface area contributed by atoms with Crippen LogP contribution in [-0.2, 0) is 55.8 Å². The van der Waals surface area contributed by atoms with Gasteiger partial charge in [0.1, 0.15) is 41.3 Å². The van der Waals surface area contributed by atoms with Crippen LogP contribution in [0.4, 0.5) is 8.78 Å². The number of halogens is 2. The highest BCUT2D eigenvalue weighted by atomic mass is 19.1. The van der Waals surface area contributed by atoms with Gasteiger partial charge in [0.2, 0.25) is 0 Å². The standard InChI is InChI=1S/C45H65F2NO11/c1-12-35-45(8,53)40(51)27(4)37(50)25(2)23-44(7,55-11)41(28(5)38(29(6)42(52)57-35)58-36(49)22-30-13-17-32(46)18-14-30)59-43-39(54-10)34(21-26(3)56-43)48(9)24-31-15-19-33(47)20-16-31/h13-20,25-29,34-35,38-41,43,51,53H,12,21-24H2,1-11H3/t25-,26+,27-,28+,29-,34-,35-,38+,39+,40-,41-,43?,44-,45-/m1/s1. The van der Waals surface area contributed by atoms with Crippen molar-refractivity contribution in [3.63, 3.8) is 0 Å². The molecule has 2 heterocycles. The third-order valence-electron chi connectivity index (χ3n) is 12.5. The van der Waals surface area contributed by atoms with E-state index in [2.05, 4.69) is 4.90 Å². The van der Waals surface area contributed by atoms with Crippen LogP contribution in [0.2, 0.25) is 0 Å². The Bertz CT molecular complexity index is 1690. The molecule has 14 atom stereocenters. The first-order valence-electron chi connectivity index (χ1n) is 20.6. The number of aliphatic hydroxyl groups is 2. The fraction of sp³-hybridized carbons (Fsp3) is 0.667. The quantitative estimate of drug-likeness (QED) is 0.263.